The first-order valence-electron chi connectivity index (χ1n) is 10.6. The Labute approximate surface area is 186 Å². The lowest BCUT2D eigenvalue weighted by Crippen LogP contribution is -2.43. The van der Waals surface area contributed by atoms with Gasteiger partial charge in [0, 0.05) is 33.3 Å². The van der Waals surface area contributed by atoms with Crippen molar-refractivity contribution in [1.29, 1.82) is 0 Å². The van der Waals surface area contributed by atoms with Gasteiger partial charge in [0.25, 0.3) is 11.5 Å². The van der Waals surface area contributed by atoms with E-state index in [4.69, 9.17) is 9.47 Å². The van der Waals surface area contributed by atoms with E-state index in [-0.39, 0.29) is 36.2 Å². The van der Waals surface area contributed by atoms with Crippen LogP contribution in [0.1, 0.15) is 57.0 Å². The lowest BCUT2D eigenvalue weighted by Gasteiger charge is -2.23. The Balaban J connectivity index is 2.45. The van der Waals surface area contributed by atoms with E-state index in [1.807, 2.05) is 20.8 Å². The molecular weight excluding hydrogens is 416 g/mol. The molecule has 2 aromatic rings. The molecule has 0 aliphatic heterocycles. The van der Waals surface area contributed by atoms with Gasteiger partial charge in [-0.15, -0.1) is 0 Å². The molecule has 0 spiro atoms. The van der Waals surface area contributed by atoms with Gasteiger partial charge in [0.05, 0.1) is 23.2 Å². The summed E-state index contributed by atoms with van der Waals surface area (Å²) in [5.41, 5.74) is -0.596. The Bertz CT molecular complexity index is 1130. The number of nitrogens with zero attached hydrogens (tertiary/aromatic N) is 3. The maximum Gasteiger partial charge on any atom is 0.332 e. The predicted octanol–water partition coefficient (Wildman–Crippen LogP) is 1.06. The van der Waals surface area contributed by atoms with Crippen LogP contribution in [-0.2, 0) is 34.8 Å². The van der Waals surface area contributed by atoms with Crippen molar-refractivity contribution in [3.05, 3.63) is 38.2 Å². The third-order valence-corrected chi connectivity index (χ3v) is 4.99. The number of esters is 1. The van der Waals surface area contributed by atoms with Crippen LogP contribution in [0, 0.1) is 0 Å². The number of aromatic nitrogens is 3. The fraction of sp³-hybridized carbons (Fsp3) is 0.591. The van der Waals surface area contributed by atoms with Crippen molar-refractivity contribution in [1.82, 2.24) is 19.4 Å². The van der Waals surface area contributed by atoms with Crippen LogP contribution in [0.5, 0.6) is 0 Å². The van der Waals surface area contributed by atoms with Crippen LogP contribution in [0.4, 0.5) is 0 Å². The molecule has 2 heterocycles. The van der Waals surface area contributed by atoms with Gasteiger partial charge in [0.1, 0.15) is 11.7 Å². The summed E-state index contributed by atoms with van der Waals surface area (Å²) in [6.45, 7) is 9.59. The average molecular weight is 449 g/mol. The van der Waals surface area contributed by atoms with Crippen molar-refractivity contribution in [2.24, 2.45) is 14.1 Å². The maximum absolute atomic E-state index is 13.1. The summed E-state index contributed by atoms with van der Waals surface area (Å²) in [5.74, 6) is -1.12. The summed E-state index contributed by atoms with van der Waals surface area (Å²) >= 11 is 0. The van der Waals surface area contributed by atoms with Crippen molar-refractivity contribution in [3.63, 3.8) is 0 Å². The largest absolute Gasteiger partial charge is 0.464 e. The zero-order valence-electron chi connectivity index (χ0n) is 19.8. The van der Waals surface area contributed by atoms with Gasteiger partial charge in [-0.25, -0.2) is 14.6 Å². The number of hydrogen-bond acceptors (Lipinski definition) is 7. The Morgan fingerprint density at radius 3 is 2.38 bits per heavy atom. The third-order valence-electron chi connectivity index (χ3n) is 4.99. The van der Waals surface area contributed by atoms with Gasteiger partial charge < -0.3 is 14.8 Å². The third kappa shape index (κ3) is 5.42. The lowest BCUT2D eigenvalue weighted by molar-refractivity contribution is -0.146. The molecule has 1 N–H and O–H groups in total. The van der Waals surface area contributed by atoms with Crippen LogP contribution in [0.3, 0.4) is 0 Å². The highest BCUT2D eigenvalue weighted by atomic mass is 16.5. The molecule has 0 bridgehead atoms. The number of pyridine rings is 1. The SMILES string of the molecule is CCOC(=O)C(CCOC(C)(C)C)NC(=O)c1cnc2c(c1CC)c(=O)n(C)c(=O)n2C. The molecule has 10 heteroatoms. The van der Waals surface area contributed by atoms with Gasteiger partial charge in [-0.05, 0) is 39.7 Å². The van der Waals surface area contributed by atoms with E-state index in [0.29, 0.717) is 12.0 Å². The van der Waals surface area contributed by atoms with E-state index in [1.54, 1.807) is 13.8 Å². The molecule has 2 aromatic heterocycles. The smallest absolute Gasteiger partial charge is 0.332 e. The van der Waals surface area contributed by atoms with Crippen LogP contribution in [0.2, 0.25) is 0 Å². The van der Waals surface area contributed by atoms with Crippen molar-refractivity contribution >= 4 is 22.9 Å². The Morgan fingerprint density at radius 2 is 1.81 bits per heavy atom. The number of nitrogens with one attached hydrogen (secondary N) is 1. The van der Waals surface area contributed by atoms with Crippen molar-refractivity contribution < 1.29 is 19.1 Å². The summed E-state index contributed by atoms with van der Waals surface area (Å²) in [6, 6.07) is -0.923. The molecule has 0 fully saturated rings. The molecule has 0 aliphatic rings. The van der Waals surface area contributed by atoms with Gasteiger partial charge in [-0.2, -0.15) is 0 Å². The normalized spacial score (nSPS) is 12.6. The minimum Gasteiger partial charge on any atom is -0.464 e. The number of carbonyl (C=O) groups is 2. The number of ether oxygens (including phenoxy) is 2. The number of hydrogen-bond donors (Lipinski definition) is 1. The van der Waals surface area contributed by atoms with Crippen molar-refractivity contribution in [2.75, 3.05) is 13.2 Å². The zero-order valence-corrected chi connectivity index (χ0v) is 19.8. The first kappa shape index (κ1) is 25.3. The Morgan fingerprint density at radius 1 is 1.16 bits per heavy atom. The number of carbonyl (C=O) groups excluding carboxylic acids is 2. The first-order chi connectivity index (χ1) is 14.9. The minimum absolute atomic E-state index is 0.168. The highest BCUT2D eigenvalue weighted by molar-refractivity contribution is 6.01. The second-order valence-electron chi connectivity index (χ2n) is 8.44. The predicted molar refractivity (Wildman–Crippen MR) is 120 cm³/mol. The molecule has 1 unspecified atom stereocenters. The molecule has 1 atom stereocenters. The molecule has 10 nitrogen and oxygen atoms in total. The summed E-state index contributed by atoms with van der Waals surface area (Å²) in [6.07, 6.45) is 1.90. The number of aryl methyl sites for hydroxylation is 2. The molecule has 2 rings (SSSR count). The number of fused-ring (bicyclic) bond motifs is 1. The van der Waals surface area contributed by atoms with Gasteiger partial charge in [0.15, 0.2) is 0 Å². The monoisotopic (exact) mass is 448 g/mol. The van der Waals surface area contributed by atoms with E-state index in [2.05, 4.69) is 10.3 Å². The van der Waals surface area contributed by atoms with Gasteiger partial charge >= 0.3 is 11.7 Å². The van der Waals surface area contributed by atoms with Crippen LogP contribution >= 0.6 is 0 Å². The topological polar surface area (TPSA) is 122 Å². The zero-order chi connectivity index (χ0) is 24.2. The van der Waals surface area contributed by atoms with E-state index in [0.717, 1.165) is 4.57 Å². The van der Waals surface area contributed by atoms with Crippen LogP contribution in [-0.4, -0.2) is 50.9 Å². The molecule has 1 amide bonds. The molecular formula is C22H32N4O6. The lowest BCUT2D eigenvalue weighted by atomic mass is 10.0. The fourth-order valence-corrected chi connectivity index (χ4v) is 3.36. The maximum atomic E-state index is 13.1. The average Bonchev–Trinajstić information content (AvgIpc) is 2.73. The van der Waals surface area contributed by atoms with Crippen LogP contribution < -0.4 is 16.6 Å². The van der Waals surface area contributed by atoms with E-state index < -0.39 is 34.8 Å². The quantitative estimate of drug-likeness (QED) is 0.599. The van der Waals surface area contributed by atoms with Crippen LogP contribution in [0.25, 0.3) is 11.0 Å². The standard InChI is InChI=1S/C22H32N4O6/c1-8-13-14(12-23-17-16(13)19(28)26(7)21(30)25(17)6)18(27)24-15(20(29)31-9-2)10-11-32-22(3,4)5/h12,15H,8-11H2,1-7H3,(H,24,27). The van der Waals surface area contributed by atoms with Crippen LogP contribution in [0.15, 0.2) is 15.8 Å². The molecule has 0 aromatic carbocycles. The summed E-state index contributed by atoms with van der Waals surface area (Å²) in [5, 5.41) is 2.90. The molecule has 0 radical (unpaired) electrons. The highest BCUT2D eigenvalue weighted by Crippen LogP contribution is 2.18. The summed E-state index contributed by atoms with van der Waals surface area (Å²) in [4.78, 5) is 54.7. The van der Waals surface area contributed by atoms with Gasteiger partial charge in [0.2, 0.25) is 0 Å². The molecule has 176 valence electrons. The van der Waals surface area contributed by atoms with E-state index in [9.17, 15) is 19.2 Å². The number of amides is 1. The molecule has 0 aliphatic carbocycles. The van der Waals surface area contributed by atoms with Crippen molar-refractivity contribution in [2.45, 2.75) is 59.1 Å². The Hall–Kier alpha value is -3.01. The van der Waals surface area contributed by atoms with E-state index >= 15 is 0 Å². The Kier molecular flexibility index (Phi) is 7.95. The summed E-state index contributed by atoms with van der Waals surface area (Å²) in [7, 11) is 2.89. The second-order valence-corrected chi connectivity index (χ2v) is 8.44. The molecule has 0 saturated heterocycles. The second kappa shape index (κ2) is 10.1. The minimum atomic E-state index is -0.923. The fourth-order valence-electron chi connectivity index (χ4n) is 3.36. The van der Waals surface area contributed by atoms with E-state index in [1.165, 1.54) is 24.9 Å². The van der Waals surface area contributed by atoms with Crippen molar-refractivity contribution in [3.8, 4) is 0 Å². The molecule has 32 heavy (non-hydrogen) atoms. The molecule has 0 saturated carbocycles. The van der Waals surface area contributed by atoms with Gasteiger partial charge in [-0.3, -0.25) is 18.7 Å². The highest BCUT2D eigenvalue weighted by Gasteiger charge is 2.26. The first-order valence-corrected chi connectivity index (χ1v) is 10.6. The number of rotatable bonds is 8. The van der Waals surface area contributed by atoms with Gasteiger partial charge in [-0.1, -0.05) is 6.92 Å². The summed E-state index contributed by atoms with van der Waals surface area (Å²) < 4.78 is 13.0.